The maximum absolute atomic E-state index is 12.2. The lowest BCUT2D eigenvalue weighted by Gasteiger charge is -2.10. The number of carbonyl (C=O) groups excluding carboxylic acids is 1. The molecular formula is C14H12F3N3O2. The van der Waals surface area contributed by atoms with Crippen LogP contribution in [-0.4, -0.2) is 22.1 Å². The maximum Gasteiger partial charge on any atom is 0.573 e. The van der Waals surface area contributed by atoms with Gasteiger partial charge < -0.3 is 10.1 Å². The number of hydrogen-bond donors (Lipinski definition) is 1. The molecule has 0 aliphatic rings. The predicted molar refractivity (Wildman–Crippen MR) is 74.4 cm³/mol. The Bertz CT molecular complexity index is 690. The fraction of sp³-hybridized carbons (Fsp3) is 0.143. The summed E-state index contributed by atoms with van der Waals surface area (Å²) in [5, 5.41) is 6.51. The molecule has 116 valence electrons. The van der Waals surface area contributed by atoms with Crippen LogP contribution in [0.15, 0.2) is 37.0 Å². The van der Waals surface area contributed by atoms with Crippen LogP contribution < -0.4 is 10.1 Å². The van der Waals surface area contributed by atoms with Gasteiger partial charge >= 0.3 is 6.36 Å². The van der Waals surface area contributed by atoms with Crippen LogP contribution in [0, 0.1) is 0 Å². The highest BCUT2D eigenvalue weighted by Crippen LogP contribution is 2.24. The minimum absolute atomic E-state index is 0.297. The molecule has 5 nitrogen and oxygen atoms in total. The van der Waals surface area contributed by atoms with Gasteiger partial charge in [0.1, 0.15) is 11.4 Å². The van der Waals surface area contributed by atoms with Crippen molar-refractivity contribution in [1.29, 1.82) is 0 Å². The number of aromatic nitrogens is 2. The molecule has 8 heteroatoms. The molecule has 0 bridgehead atoms. The summed E-state index contributed by atoms with van der Waals surface area (Å²) in [6.45, 7) is 3.58. The number of ether oxygens (including phenoxy) is 1. The summed E-state index contributed by atoms with van der Waals surface area (Å²) in [7, 11) is 1.60. The molecule has 0 unspecified atom stereocenters. The van der Waals surface area contributed by atoms with Gasteiger partial charge in [0.15, 0.2) is 0 Å². The summed E-state index contributed by atoms with van der Waals surface area (Å²) >= 11 is 0. The highest BCUT2D eigenvalue weighted by molar-refractivity contribution is 6.05. The lowest BCUT2D eigenvalue weighted by Crippen LogP contribution is -2.18. The molecule has 0 spiro atoms. The quantitative estimate of drug-likeness (QED) is 0.943. The molecule has 0 fully saturated rings. The Morgan fingerprint density at radius 3 is 2.55 bits per heavy atom. The number of rotatable bonds is 4. The topological polar surface area (TPSA) is 56.2 Å². The monoisotopic (exact) mass is 311 g/mol. The smallest absolute Gasteiger partial charge is 0.406 e. The molecule has 22 heavy (non-hydrogen) atoms. The number of halogens is 3. The van der Waals surface area contributed by atoms with E-state index in [2.05, 4.69) is 21.7 Å². The minimum atomic E-state index is -4.75. The van der Waals surface area contributed by atoms with E-state index in [1.165, 1.54) is 29.1 Å². The zero-order valence-corrected chi connectivity index (χ0v) is 11.5. The molecule has 1 amide bonds. The average molecular weight is 311 g/mol. The van der Waals surface area contributed by atoms with Gasteiger partial charge in [-0.2, -0.15) is 5.10 Å². The summed E-state index contributed by atoms with van der Waals surface area (Å²) < 4.78 is 41.3. The summed E-state index contributed by atoms with van der Waals surface area (Å²) in [5.74, 6) is -0.808. The summed E-state index contributed by atoms with van der Waals surface area (Å²) in [4.78, 5) is 12.2. The summed E-state index contributed by atoms with van der Waals surface area (Å²) in [6.07, 6.45) is -1.78. The molecule has 2 rings (SSSR count). The fourth-order valence-electron chi connectivity index (χ4n) is 1.81. The normalized spacial score (nSPS) is 11.1. The second kappa shape index (κ2) is 5.92. The largest absolute Gasteiger partial charge is 0.573 e. The van der Waals surface area contributed by atoms with Gasteiger partial charge in [-0.25, -0.2) is 0 Å². The van der Waals surface area contributed by atoms with Crippen LogP contribution in [0.1, 0.15) is 16.1 Å². The number of nitrogens with zero attached hydrogens (tertiary/aromatic N) is 2. The van der Waals surface area contributed by atoms with Crippen LogP contribution in [0.2, 0.25) is 0 Å². The molecule has 0 saturated heterocycles. The fourth-order valence-corrected chi connectivity index (χ4v) is 1.81. The molecule has 1 aromatic carbocycles. The van der Waals surface area contributed by atoms with Crippen molar-refractivity contribution in [2.45, 2.75) is 6.36 Å². The molecule has 0 aliphatic carbocycles. The second-order valence-corrected chi connectivity index (χ2v) is 4.30. The lowest BCUT2D eigenvalue weighted by molar-refractivity contribution is -0.274. The van der Waals surface area contributed by atoms with Crippen molar-refractivity contribution in [3.63, 3.8) is 0 Å². The van der Waals surface area contributed by atoms with Gasteiger partial charge in [-0.3, -0.25) is 9.48 Å². The van der Waals surface area contributed by atoms with E-state index in [0.29, 0.717) is 16.9 Å². The van der Waals surface area contributed by atoms with E-state index in [1.54, 1.807) is 7.05 Å². The van der Waals surface area contributed by atoms with Crippen molar-refractivity contribution in [3.8, 4) is 5.75 Å². The van der Waals surface area contributed by atoms with E-state index in [9.17, 15) is 18.0 Å². The molecule has 0 atom stereocenters. The van der Waals surface area contributed by atoms with E-state index in [4.69, 9.17) is 0 Å². The van der Waals surface area contributed by atoms with Gasteiger partial charge in [-0.1, -0.05) is 12.7 Å². The van der Waals surface area contributed by atoms with Crippen LogP contribution in [0.3, 0.4) is 0 Å². The number of carbonyl (C=O) groups is 1. The maximum atomic E-state index is 12.2. The molecule has 1 aromatic heterocycles. The minimum Gasteiger partial charge on any atom is -0.406 e. The van der Waals surface area contributed by atoms with Crippen LogP contribution in [0.4, 0.5) is 18.9 Å². The Labute approximate surface area is 124 Å². The van der Waals surface area contributed by atoms with Gasteiger partial charge in [0.25, 0.3) is 5.91 Å². The van der Waals surface area contributed by atoms with Crippen LogP contribution in [0.25, 0.3) is 6.08 Å². The Hall–Kier alpha value is -2.77. The Morgan fingerprint density at radius 2 is 2.00 bits per heavy atom. The number of hydrogen-bond acceptors (Lipinski definition) is 3. The highest BCUT2D eigenvalue weighted by atomic mass is 19.4. The van der Waals surface area contributed by atoms with Crippen molar-refractivity contribution in [1.82, 2.24) is 9.78 Å². The molecule has 0 aliphatic heterocycles. The standard InChI is InChI=1S/C14H12F3N3O2/c1-3-9-8-18-20(2)12(9)13(21)19-10-4-6-11(7-5-10)22-14(15,16)17/h3-8H,1H2,2H3,(H,19,21). The first-order chi connectivity index (χ1) is 10.3. The first-order valence-electron chi connectivity index (χ1n) is 6.12. The van der Waals surface area contributed by atoms with Crippen molar-refractivity contribution in [2.24, 2.45) is 7.05 Å². The summed E-state index contributed by atoms with van der Waals surface area (Å²) in [6, 6.07) is 4.84. The summed E-state index contributed by atoms with van der Waals surface area (Å²) in [5.41, 5.74) is 1.18. The zero-order valence-electron chi connectivity index (χ0n) is 11.5. The molecule has 2 aromatic rings. The van der Waals surface area contributed by atoms with E-state index in [0.717, 1.165) is 12.1 Å². The Balaban J connectivity index is 2.12. The van der Waals surface area contributed by atoms with Gasteiger partial charge in [0.05, 0.1) is 6.20 Å². The zero-order chi connectivity index (χ0) is 16.3. The first-order valence-corrected chi connectivity index (χ1v) is 6.12. The molecule has 1 N–H and O–H groups in total. The van der Waals surface area contributed by atoms with Gasteiger partial charge in [0.2, 0.25) is 0 Å². The van der Waals surface area contributed by atoms with E-state index in [1.807, 2.05) is 0 Å². The van der Waals surface area contributed by atoms with Crippen LogP contribution >= 0.6 is 0 Å². The second-order valence-electron chi connectivity index (χ2n) is 4.30. The van der Waals surface area contributed by atoms with Crippen molar-refractivity contribution in [3.05, 3.63) is 48.3 Å². The highest BCUT2D eigenvalue weighted by Gasteiger charge is 2.31. The Morgan fingerprint density at radius 1 is 1.36 bits per heavy atom. The van der Waals surface area contributed by atoms with Gasteiger partial charge in [-0.15, -0.1) is 13.2 Å². The van der Waals surface area contributed by atoms with Crippen LogP contribution in [-0.2, 0) is 7.05 Å². The number of anilines is 1. The molecule has 1 heterocycles. The van der Waals surface area contributed by atoms with Crippen molar-refractivity contribution >= 4 is 17.7 Å². The SMILES string of the molecule is C=Cc1cnn(C)c1C(=O)Nc1ccc(OC(F)(F)F)cc1. The van der Waals surface area contributed by atoms with Gasteiger partial charge in [-0.05, 0) is 24.3 Å². The number of nitrogens with one attached hydrogen (secondary N) is 1. The third kappa shape index (κ3) is 3.66. The Kier molecular flexibility index (Phi) is 4.20. The molecule has 0 radical (unpaired) electrons. The third-order valence-electron chi connectivity index (χ3n) is 2.75. The van der Waals surface area contributed by atoms with Crippen LogP contribution in [0.5, 0.6) is 5.75 Å². The number of aryl methyl sites for hydroxylation is 1. The van der Waals surface area contributed by atoms with E-state index in [-0.39, 0.29) is 5.75 Å². The molecule has 0 saturated carbocycles. The van der Waals surface area contributed by atoms with Crippen molar-refractivity contribution < 1.29 is 22.7 Å². The van der Waals surface area contributed by atoms with Gasteiger partial charge in [0, 0.05) is 18.3 Å². The first kappa shape index (κ1) is 15.6. The van der Waals surface area contributed by atoms with E-state index >= 15 is 0 Å². The number of amides is 1. The third-order valence-corrected chi connectivity index (χ3v) is 2.75. The van der Waals surface area contributed by atoms with Crippen molar-refractivity contribution in [2.75, 3.05) is 5.32 Å². The number of benzene rings is 1. The average Bonchev–Trinajstić information content (AvgIpc) is 2.80. The molecular weight excluding hydrogens is 299 g/mol. The predicted octanol–water partition coefficient (Wildman–Crippen LogP) is 3.21. The lowest BCUT2D eigenvalue weighted by atomic mass is 10.2. The number of alkyl halides is 3. The van der Waals surface area contributed by atoms with E-state index < -0.39 is 12.3 Å².